The Balaban J connectivity index is 2.21. The van der Waals surface area contributed by atoms with E-state index in [1.54, 1.807) is 19.3 Å². The summed E-state index contributed by atoms with van der Waals surface area (Å²) in [5, 5.41) is 0. The zero-order valence-electron chi connectivity index (χ0n) is 11.0. The van der Waals surface area contributed by atoms with Crippen molar-refractivity contribution in [1.82, 2.24) is 4.98 Å². The van der Waals surface area contributed by atoms with Crippen molar-refractivity contribution >= 4 is 0 Å². The molecule has 2 N–H and O–H groups in total. The number of rotatable bonds is 3. The van der Waals surface area contributed by atoms with Crippen molar-refractivity contribution < 1.29 is 13.2 Å². The number of nitrogens with zero attached hydrogens (tertiary/aromatic N) is 1. The number of benzene rings is 1. The Morgan fingerprint density at radius 2 is 2.00 bits per heavy atom. The molecule has 5 heteroatoms. The molecule has 0 fully saturated rings. The average molecular weight is 280 g/mol. The molecule has 0 bridgehead atoms. The normalized spacial score (nSPS) is 13.2. The molecule has 106 valence electrons. The Bertz CT molecular complexity index is 579. The van der Waals surface area contributed by atoms with Gasteiger partial charge in [0.2, 0.25) is 0 Å². The second kappa shape index (κ2) is 5.63. The number of halogens is 3. The summed E-state index contributed by atoms with van der Waals surface area (Å²) in [7, 11) is 0. The van der Waals surface area contributed by atoms with E-state index in [2.05, 4.69) is 4.98 Å². The van der Waals surface area contributed by atoms with Crippen LogP contribution in [0.2, 0.25) is 0 Å². The van der Waals surface area contributed by atoms with Crippen LogP contribution in [0, 0.1) is 6.92 Å². The Hall–Kier alpha value is -1.88. The lowest BCUT2D eigenvalue weighted by Gasteiger charge is -2.16. The van der Waals surface area contributed by atoms with E-state index in [4.69, 9.17) is 5.73 Å². The first-order valence-electron chi connectivity index (χ1n) is 6.20. The van der Waals surface area contributed by atoms with Crippen LogP contribution in [0.1, 0.15) is 28.3 Å². The van der Waals surface area contributed by atoms with Crippen LogP contribution >= 0.6 is 0 Å². The minimum absolute atomic E-state index is 0.346. The lowest BCUT2D eigenvalue weighted by Crippen LogP contribution is -2.16. The SMILES string of the molecule is Cc1cc(C(F)(F)F)ccc1C(N)Cc1cccnc1. The van der Waals surface area contributed by atoms with Crippen molar-refractivity contribution in [3.63, 3.8) is 0 Å². The van der Waals surface area contributed by atoms with E-state index < -0.39 is 11.7 Å². The lowest BCUT2D eigenvalue weighted by atomic mass is 9.95. The zero-order valence-corrected chi connectivity index (χ0v) is 11.0. The second-order valence-corrected chi connectivity index (χ2v) is 4.74. The summed E-state index contributed by atoms with van der Waals surface area (Å²) < 4.78 is 37.8. The Morgan fingerprint density at radius 1 is 1.25 bits per heavy atom. The van der Waals surface area contributed by atoms with E-state index in [-0.39, 0.29) is 6.04 Å². The van der Waals surface area contributed by atoms with Gasteiger partial charge >= 0.3 is 6.18 Å². The monoisotopic (exact) mass is 280 g/mol. The van der Waals surface area contributed by atoms with Crippen molar-refractivity contribution in [3.05, 3.63) is 65.0 Å². The first kappa shape index (κ1) is 14.5. The molecule has 0 aliphatic carbocycles. The van der Waals surface area contributed by atoms with Crippen molar-refractivity contribution in [2.45, 2.75) is 25.6 Å². The quantitative estimate of drug-likeness (QED) is 0.932. The van der Waals surface area contributed by atoms with E-state index in [0.29, 0.717) is 12.0 Å². The van der Waals surface area contributed by atoms with Crippen LogP contribution in [0.5, 0.6) is 0 Å². The van der Waals surface area contributed by atoms with Gasteiger partial charge in [-0.15, -0.1) is 0 Å². The average Bonchev–Trinajstić information content (AvgIpc) is 2.38. The first-order chi connectivity index (χ1) is 9.38. The van der Waals surface area contributed by atoms with E-state index in [0.717, 1.165) is 23.3 Å². The predicted molar refractivity (Wildman–Crippen MR) is 71.1 cm³/mol. The molecular weight excluding hydrogens is 265 g/mol. The number of pyridine rings is 1. The van der Waals surface area contributed by atoms with Crippen molar-refractivity contribution in [2.75, 3.05) is 0 Å². The number of nitrogens with two attached hydrogens (primary N) is 1. The molecule has 0 amide bonds. The van der Waals surface area contributed by atoms with E-state index >= 15 is 0 Å². The fraction of sp³-hybridized carbons (Fsp3) is 0.267. The Morgan fingerprint density at radius 3 is 2.55 bits per heavy atom. The highest BCUT2D eigenvalue weighted by Crippen LogP contribution is 2.31. The highest BCUT2D eigenvalue weighted by molar-refractivity contribution is 5.35. The first-order valence-corrected chi connectivity index (χ1v) is 6.20. The van der Waals surface area contributed by atoms with Crippen LogP contribution < -0.4 is 5.73 Å². The van der Waals surface area contributed by atoms with Crippen molar-refractivity contribution in [2.24, 2.45) is 5.73 Å². The molecule has 2 aromatic rings. The highest BCUT2D eigenvalue weighted by Gasteiger charge is 2.30. The fourth-order valence-corrected chi connectivity index (χ4v) is 2.15. The number of aryl methyl sites for hydroxylation is 1. The molecule has 1 aromatic heterocycles. The molecule has 0 spiro atoms. The molecule has 0 aliphatic rings. The van der Waals surface area contributed by atoms with Gasteiger partial charge in [0.05, 0.1) is 5.56 Å². The van der Waals surface area contributed by atoms with E-state index in [1.165, 1.54) is 6.07 Å². The number of aromatic nitrogens is 1. The molecule has 1 unspecified atom stereocenters. The topological polar surface area (TPSA) is 38.9 Å². The molecule has 0 radical (unpaired) electrons. The maximum atomic E-state index is 12.6. The molecule has 2 rings (SSSR count). The summed E-state index contributed by atoms with van der Waals surface area (Å²) in [6.07, 6.45) is -0.408. The molecule has 20 heavy (non-hydrogen) atoms. The van der Waals surface area contributed by atoms with Gasteiger partial charge in [-0.2, -0.15) is 13.2 Å². The maximum Gasteiger partial charge on any atom is 0.416 e. The summed E-state index contributed by atoms with van der Waals surface area (Å²) in [4.78, 5) is 4.00. The number of hydrogen-bond donors (Lipinski definition) is 1. The van der Waals surface area contributed by atoms with Crippen LogP contribution in [-0.4, -0.2) is 4.98 Å². The lowest BCUT2D eigenvalue weighted by molar-refractivity contribution is -0.137. The Kier molecular flexibility index (Phi) is 4.09. The minimum atomic E-state index is -4.32. The van der Waals surface area contributed by atoms with Gasteiger partial charge in [0.25, 0.3) is 0 Å². The summed E-state index contributed by atoms with van der Waals surface area (Å²) >= 11 is 0. The molecule has 1 aromatic carbocycles. The fourth-order valence-electron chi connectivity index (χ4n) is 2.15. The minimum Gasteiger partial charge on any atom is -0.324 e. The predicted octanol–water partition coefficient (Wildman–Crippen LogP) is 3.65. The number of alkyl halides is 3. The van der Waals surface area contributed by atoms with Gasteiger partial charge < -0.3 is 5.73 Å². The van der Waals surface area contributed by atoms with Crippen LogP contribution in [0.3, 0.4) is 0 Å². The van der Waals surface area contributed by atoms with Crippen LogP contribution in [-0.2, 0) is 12.6 Å². The largest absolute Gasteiger partial charge is 0.416 e. The van der Waals surface area contributed by atoms with Gasteiger partial charge in [-0.1, -0.05) is 12.1 Å². The summed E-state index contributed by atoms with van der Waals surface area (Å²) in [6.45, 7) is 1.65. The standard InChI is InChI=1S/C15H15F3N2/c1-10-7-12(15(16,17)18)4-5-13(10)14(19)8-11-3-2-6-20-9-11/h2-7,9,14H,8,19H2,1H3. The van der Waals surface area contributed by atoms with E-state index in [1.807, 2.05) is 12.1 Å². The Labute approximate surface area is 115 Å². The van der Waals surface area contributed by atoms with Crippen molar-refractivity contribution in [3.8, 4) is 0 Å². The highest BCUT2D eigenvalue weighted by atomic mass is 19.4. The third-order valence-electron chi connectivity index (χ3n) is 3.18. The molecule has 0 saturated heterocycles. The van der Waals surface area contributed by atoms with Gasteiger partial charge in [0, 0.05) is 18.4 Å². The van der Waals surface area contributed by atoms with Crippen molar-refractivity contribution in [1.29, 1.82) is 0 Å². The molecule has 1 heterocycles. The summed E-state index contributed by atoms with van der Waals surface area (Å²) in [5.41, 5.74) is 7.67. The van der Waals surface area contributed by atoms with E-state index in [9.17, 15) is 13.2 Å². The summed E-state index contributed by atoms with van der Waals surface area (Å²) in [5.74, 6) is 0. The van der Waals surface area contributed by atoms with Gasteiger partial charge in [0.15, 0.2) is 0 Å². The molecule has 0 aliphatic heterocycles. The maximum absolute atomic E-state index is 12.6. The van der Waals surface area contributed by atoms with Crippen LogP contribution in [0.4, 0.5) is 13.2 Å². The van der Waals surface area contributed by atoms with Crippen LogP contribution in [0.15, 0.2) is 42.7 Å². The third kappa shape index (κ3) is 3.36. The van der Waals surface area contributed by atoms with Gasteiger partial charge in [-0.25, -0.2) is 0 Å². The molecular formula is C15H15F3N2. The smallest absolute Gasteiger partial charge is 0.324 e. The zero-order chi connectivity index (χ0) is 14.8. The summed E-state index contributed by atoms with van der Waals surface area (Å²) in [6, 6.07) is 7.03. The molecule has 2 nitrogen and oxygen atoms in total. The van der Waals surface area contributed by atoms with Gasteiger partial charge in [-0.3, -0.25) is 4.98 Å². The third-order valence-corrected chi connectivity index (χ3v) is 3.18. The molecule has 0 saturated carbocycles. The van der Waals surface area contributed by atoms with Gasteiger partial charge in [0.1, 0.15) is 0 Å². The van der Waals surface area contributed by atoms with Gasteiger partial charge in [-0.05, 0) is 48.2 Å². The van der Waals surface area contributed by atoms with Crippen LogP contribution in [0.25, 0.3) is 0 Å². The number of hydrogen-bond acceptors (Lipinski definition) is 2. The molecule has 1 atom stereocenters. The second-order valence-electron chi connectivity index (χ2n) is 4.74.